The van der Waals surface area contributed by atoms with Gasteiger partial charge >= 0.3 is 0 Å². The van der Waals surface area contributed by atoms with Gasteiger partial charge in [-0.2, -0.15) is 0 Å². The molecule has 0 aliphatic rings. The summed E-state index contributed by atoms with van der Waals surface area (Å²) in [6.07, 6.45) is 0. The van der Waals surface area contributed by atoms with Crippen molar-refractivity contribution >= 4 is 70.5 Å². The van der Waals surface area contributed by atoms with Gasteiger partial charge in [0, 0.05) is 43.7 Å². The maximum Gasteiger partial charge on any atom is 0.137 e. The summed E-state index contributed by atoms with van der Waals surface area (Å²) in [7, 11) is 0. The Morgan fingerprint density at radius 3 is 1.89 bits per heavy atom. The van der Waals surface area contributed by atoms with Crippen LogP contribution >= 0.6 is 11.3 Å². The number of hydrogen-bond donors (Lipinski definition) is 0. The van der Waals surface area contributed by atoms with Crippen LogP contribution in [0.4, 0.5) is 17.1 Å². The molecule has 9 rings (SSSR count). The fourth-order valence-electron chi connectivity index (χ4n) is 6.50. The number of anilines is 3. The lowest BCUT2D eigenvalue weighted by Gasteiger charge is -2.26. The minimum absolute atomic E-state index is 0.884. The van der Waals surface area contributed by atoms with E-state index >= 15 is 0 Å². The largest absolute Gasteiger partial charge is 0.456 e. The number of thiophene rings is 1. The summed E-state index contributed by atoms with van der Waals surface area (Å²) < 4.78 is 8.92. The second-order valence-corrected chi connectivity index (χ2v) is 12.4. The highest BCUT2D eigenvalue weighted by atomic mass is 32.1. The van der Waals surface area contributed by atoms with Gasteiger partial charge in [0.1, 0.15) is 11.2 Å². The smallest absolute Gasteiger partial charge is 0.137 e. The van der Waals surface area contributed by atoms with Crippen LogP contribution in [0.5, 0.6) is 0 Å². The molecule has 2 heterocycles. The van der Waals surface area contributed by atoms with Gasteiger partial charge in [-0.1, -0.05) is 115 Å². The number of furan rings is 1. The SMILES string of the molecule is c1ccc(-c2ccc(-c3cccc(N(c4ccc5c(c4)oc4ccccc45)c4cccc5c4sc4ccccc45)c3)cc2)cc1. The lowest BCUT2D eigenvalue weighted by atomic mass is 9.99. The molecule has 0 atom stereocenters. The molecular formula is C42H27NOS. The maximum absolute atomic E-state index is 6.37. The summed E-state index contributed by atoms with van der Waals surface area (Å²) in [5.41, 5.74) is 9.89. The molecule has 0 spiro atoms. The summed E-state index contributed by atoms with van der Waals surface area (Å²) >= 11 is 1.85. The third-order valence-corrected chi connectivity index (χ3v) is 9.88. The van der Waals surface area contributed by atoms with Crippen molar-refractivity contribution in [2.75, 3.05) is 4.90 Å². The number of hydrogen-bond acceptors (Lipinski definition) is 3. The van der Waals surface area contributed by atoms with E-state index in [4.69, 9.17) is 4.42 Å². The Labute approximate surface area is 265 Å². The summed E-state index contributed by atoms with van der Waals surface area (Å²) in [4.78, 5) is 2.38. The summed E-state index contributed by atoms with van der Waals surface area (Å²) in [6, 6.07) is 58.5. The zero-order valence-electron chi connectivity index (χ0n) is 24.4. The zero-order chi connectivity index (χ0) is 29.7. The minimum atomic E-state index is 0.884. The molecular weight excluding hydrogens is 567 g/mol. The first kappa shape index (κ1) is 25.8. The van der Waals surface area contributed by atoms with Crippen molar-refractivity contribution in [2.24, 2.45) is 0 Å². The van der Waals surface area contributed by atoms with E-state index in [1.807, 2.05) is 23.5 Å². The molecule has 212 valence electrons. The second kappa shape index (κ2) is 10.5. The normalized spacial score (nSPS) is 11.6. The van der Waals surface area contributed by atoms with E-state index < -0.39 is 0 Å². The molecule has 0 N–H and O–H groups in total. The van der Waals surface area contributed by atoms with Crippen molar-refractivity contribution in [3.63, 3.8) is 0 Å². The van der Waals surface area contributed by atoms with Crippen LogP contribution in [0.1, 0.15) is 0 Å². The van der Waals surface area contributed by atoms with Crippen LogP contribution in [0.15, 0.2) is 168 Å². The quantitative estimate of drug-likeness (QED) is 0.197. The van der Waals surface area contributed by atoms with E-state index in [-0.39, 0.29) is 0 Å². The molecule has 0 bridgehead atoms. The Hall–Kier alpha value is -5.64. The van der Waals surface area contributed by atoms with E-state index in [1.54, 1.807) is 0 Å². The van der Waals surface area contributed by atoms with Crippen molar-refractivity contribution in [3.8, 4) is 22.3 Å². The number of benzene rings is 7. The van der Waals surface area contributed by atoms with Gasteiger partial charge < -0.3 is 9.32 Å². The first-order chi connectivity index (χ1) is 22.3. The molecule has 0 aliphatic heterocycles. The summed E-state index contributed by atoms with van der Waals surface area (Å²) in [5.74, 6) is 0. The van der Waals surface area contributed by atoms with Crippen molar-refractivity contribution < 1.29 is 4.42 Å². The lowest BCUT2D eigenvalue weighted by Crippen LogP contribution is -2.10. The van der Waals surface area contributed by atoms with Gasteiger partial charge in [0.05, 0.1) is 10.4 Å². The third kappa shape index (κ3) is 4.40. The Morgan fingerprint density at radius 1 is 0.400 bits per heavy atom. The lowest BCUT2D eigenvalue weighted by molar-refractivity contribution is 0.669. The number of fused-ring (bicyclic) bond motifs is 6. The Balaban J connectivity index is 1.22. The highest BCUT2D eigenvalue weighted by molar-refractivity contribution is 7.26. The molecule has 2 nitrogen and oxygen atoms in total. The predicted octanol–water partition coefficient (Wildman–Crippen LogP) is 12.8. The molecule has 7 aromatic carbocycles. The van der Waals surface area contributed by atoms with E-state index in [0.29, 0.717) is 0 Å². The Morgan fingerprint density at radius 2 is 1.02 bits per heavy atom. The van der Waals surface area contributed by atoms with Gasteiger partial charge in [-0.3, -0.25) is 0 Å². The average molecular weight is 594 g/mol. The van der Waals surface area contributed by atoms with Crippen LogP contribution in [-0.4, -0.2) is 0 Å². The molecule has 0 fully saturated rings. The fourth-order valence-corrected chi connectivity index (χ4v) is 7.71. The molecule has 0 saturated carbocycles. The van der Waals surface area contributed by atoms with Gasteiger partial charge in [0.2, 0.25) is 0 Å². The Bertz CT molecular complexity index is 2490. The van der Waals surface area contributed by atoms with Crippen LogP contribution < -0.4 is 4.90 Å². The van der Waals surface area contributed by atoms with Crippen molar-refractivity contribution in [1.29, 1.82) is 0 Å². The topological polar surface area (TPSA) is 16.4 Å². The van der Waals surface area contributed by atoms with Crippen molar-refractivity contribution in [2.45, 2.75) is 0 Å². The molecule has 45 heavy (non-hydrogen) atoms. The third-order valence-electron chi connectivity index (χ3n) is 8.67. The van der Waals surface area contributed by atoms with Crippen molar-refractivity contribution in [3.05, 3.63) is 164 Å². The van der Waals surface area contributed by atoms with Gasteiger partial charge in [-0.05, 0) is 64.7 Å². The first-order valence-corrected chi connectivity index (χ1v) is 16.0. The van der Waals surface area contributed by atoms with Gasteiger partial charge in [0.25, 0.3) is 0 Å². The van der Waals surface area contributed by atoms with Crippen molar-refractivity contribution in [1.82, 2.24) is 0 Å². The predicted molar refractivity (Wildman–Crippen MR) is 192 cm³/mol. The van der Waals surface area contributed by atoms with Crippen LogP contribution in [0, 0.1) is 0 Å². The molecule has 2 aromatic heterocycles. The second-order valence-electron chi connectivity index (χ2n) is 11.4. The van der Waals surface area contributed by atoms with Crippen LogP contribution in [0.2, 0.25) is 0 Å². The van der Waals surface area contributed by atoms with E-state index in [9.17, 15) is 0 Å². The molecule has 9 aromatic rings. The maximum atomic E-state index is 6.37. The van der Waals surface area contributed by atoms with Gasteiger partial charge in [-0.25, -0.2) is 0 Å². The van der Waals surface area contributed by atoms with E-state index in [2.05, 4.69) is 157 Å². The monoisotopic (exact) mass is 593 g/mol. The fraction of sp³-hybridized carbons (Fsp3) is 0. The molecule has 0 amide bonds. The minimum Gasteiger partial charge on any atom is -0.456 e. The average Bonchev–Trinajstić information content (AvgIpc) is 3.68. The molecule has 0 unspecified atom stereocenters. The highest BCUT2D eigenvalue weighted by Crippen LogP contribution is 2.46. The number of nitrogens with zero attached hydrogens (tertiary/aromatic N) is 1. The van der Waals surface area contributed by atoms with Crippen LogP contribution in [0.25, 0.3) is 64.4 Å². The standard InChI is InChI=1S/C42H27NOS/c1-2-10-28(11-3-1)29-20-22-30(23-21-29)31-12-8-13-32(26-31)43(33-24-25-35-34-14-4-6-18-39(34)44-40(35)27-33)38-17-9-16-37-36-15-5-7-19-41(36)45-42(37)38/h1-27H. The molecule has 0 saturated heterocycles. The van der Waals surface area contributed by atoms with Crippen LogP contribution in [0.3, 0.4) is 0 Å². The van der Waals surface area contributed by atoms with E-state index in [1.165, 1.54) is 42.4 Å². The van der Waals surface area contributed by atoms with Crippen LogP contribution in [-0.2, 0) is 0 Å². The Kier molecular flexibility index (Phi) is 6.03. The van der Waals surface area contributed by atoms with E-state index in [0.717, 1.165) is 39.0 Å². The number of rotatable bonds is 5. The summed E-state index contributed by atoms with van der Waals surface area (Å²) in [6.45, 7) is 0. The van der Waals surface area contributed by atoms with Gasteiger partial charge in [0.15, 0.2) is 0 Å². The highest BCUT2D eigenvalue weighted by Gasteiger charge is 2.20. The zero-order valence-corrected chi connectivity index (χ0v) is 25.2. The van der Waals surface area contributed by atoms with Gasteiger partial charge in [-0.15, -0.1) is 11.3 Å². The molecule has 0 aliphatic carbocycles. The first-order valence-electron chi connectivity index (χ1n) is 15.2. The molecule has 3 heteroatoms. The molecule has 0 radical (unpaired) electrons. The summed E-state index contributed by atoms with van der Waals surface area (Å²) in [5, 5.41) is 4.83. The number of para-hydroxylation sites is 1.